The van der Waals surface area contributed by atoms with Crippen molar-refractivity contribution in [2.24, 2.45) is 0 Å². The molecule has 2 N–H and O–H groups in total. The van der Waals surface area contributed by atoms with Crippen molar-refractivity contribution in [2.75, 3.05) is 0 Å². The van der Waals surface area contributed by atoms with Crippen LogP contribution in [-0.4, -0.2) is 28.2 Å². The van der Waals surface area contributed by atoms with Crippen LogP contribution in [0.2, 0.25) is 0 Å². The Morgan fingerprint density at radius 2 is 1.92 bits per heavy atom. The van der Waals surface area contributed by atoms with Gasteiger partial charge in [-0.2, -0.15) is 18.5 Å². The third-order valence-electron chi connectivity index (χ3n) is 1.38. The number of rotatable bonds is 1. The molecule has 0 aromatic carbocycles. The molecule has 1 aromatic rings. The third kappa shape index (κ3) is 2.25. The molecule has 6 nitrogen and oxygen atoms in total. The predicted molar refractivity (Wildman–Crippen MR) is 44.9 cm³/mol. The second kappa shape index (κ2) is 2.78. The summed E-state index contributed by atoms with van der Waals surface area (Å²) in [6.07, 6.45) is 0. The number of hydrogen-bond donors (Lipinski definition) is 2. The lowest BCUT2D eigenvalue weighted by molar-refractivity contribution is 0.474. The van der Waals surface area contributed by atoms with E-state index in [1.807, 2.05) is 20.8 Å². The molecule has 1 heterocycles. The van der Waals surface area contributed by atoms with Crippen molar-refractivity contribution in [1.82, 2.24) is 15.2 Å². The van der Waals surface area contributed by atoms with Gasteiger partial charge in [0, 0.05) is 5.41 Å². The van der Waals surface area contributed by atoms with Gasteiger partial charge >= 0.3 is 10.1 Å². The lowest BCUT2D eigenvalue weighted by atomic mass is 9.96. The van der Waals surface area contributed by atoms with Crippen LogP contribution in [0.3, 0.4) is 0 Å². The molecule has 0 aliphatic carbocycles. The number of H-pyrrole nitrogens is 1. The average Bonchev–Trinajstić information content (AvgIpc) is 2.28. The fourth-order valence-electron chi connectivity index (χ4n) is 0.698. The molecule has 0 radical (unpaired) electrons. The number of aromatic nitrogens is 3. The molecule has 0 unspecified atom stereocenters. The first-order valence-corrected chi connectivity index (χ1v) is 5.05. The molecule has 1 rings (SSSR count). The van der Waals surface area contributed by atoms with Gasteiger partial charge in [-0.25, -0.2) is 5.10 Å². The normalized spacial score (nSPS) is 13.2. The van der Waals surface area contributed by atoms with E-state index in [0.717, 1.165) is 0 Å². The van der Waals surface area contributed by atoms with Gasteiger partial charge in [-0.1, -0.05) is 20.8 Å². The monoisotopic (exact) mass is 205 g/mol. The number of nitrogens with zero attached hydrogens (tertiary/aromatic N) is 2. The first-order valence-electron chi connectivity index (χ1n) is 3.61. The van der Waals surface area contributed by atoms with Crippen molar-refractivity contribution < 1.29 is 13.0 Å². The van der Waals surface area contributed by atoms with Gasteiger partial charge < -0.3 is 0 Å². The molecule has 0 aliphatic rings. The van der Waals surface area contributed by atoms with Crippen molar-refractivity contribution in [3.63, 3.8) is 0 Å². The Morgan fingerprint density at radius 1 is 1.38 bits per heavy atom. The number of nitrogens with one attached hydrogen (secondary N) is 1. The van der Waals surface area contributed by atoms with E-state index in [-0.39, 0.29) is 5.41 Å². The number of hydrogen-bond acceptors (Lipinski definition) is 4. The second-order valence-corrected chi connectivity index (χ2v) is 5.03. The molecule has 0 saturated heterocycles. The highest BCUT2D eigenvalue weighted by molar-refractivity contribution is 7.85. The quantitative estimate of drug-likeness (QED) is 0.645. The maximum atomic E-state index is 10.6. The highest BCUT2D eigenvalue weighted by Gasteiger charge is 2.23. The van der Waals surface area contributed by atoms with E-state index in [0.29, 0.717) is 5.82 Å². The van der Waals surface area contributed by atoms with E-state index >= 15 is 0 Å². The van der Waals surface area contributed by atoms with Crippen molar-refractivity contribution in [3.8, 4) is 0 Å². The Bertz CT molecular complexity index is 401. The second-order valence-electron chi connectivity index (χ2n) is 3.69. The van der Waals surface area contributed by atoms with Gasteiger partial charge in [0.05, 0.1) is 0 Å². The Morgan fingerprint density at radius 3 is 2.15 bits per heavy atom. The highest BCUT2D eigenvalue weighted by Crippen LogP contribution is 2.18. The molecule has 13 heavy (non-hydrogen) atoms. The molecule has 7 heteroatoms. The largest absolute Gasteiger partial charge is 0.330 e. The summed E-state index contributed by atoms with van der Waals surface area (Å²) in [4.78, 5) is 3.65. The molecule has 0 fully saturated rings. The van der Waals surface area contributed by atoms with Crippen molar-refractivity contribution in [3.05, 3.63) is 5.82 Å². The van der Waals surface area contributed by atoms with E-state index in [2.05, 4.69) is 15.2 Å². The van der Waals surface area contributed by atoms with Crippen LogP contribution in [-0.2, 0) is 15.5 Å². The Hall–Kier alpha value is -0.950. The summed E-state index contributed by atoms with van der Waals surface area (Å²) in [5.41, 5.74) is -0.348. The summed E-state index contributed by atoms with van der Waals surface area (Å²) >= 11 is 0. The van der Waals surface area contributed by atoms with Crippen LogP contribution in [0.4, 0.5) is 0 Å². The molecular weight excluding hydrogens is 194 g/mol. The number of aromatic amines is 1. The SMILES string of the molecule is CC(C)(C)c1n[nH]c(S(=O)(=O)O)n1. The predicted octanol–water partition coefficient (Wildman–Crippen LogP) is 0.349. The van der Waals surface area contributed by atoms with Crippen LogP contribution in [0.5, 0.6) is 0 Å². The zero-order valence-corrected chi connectivity index (χ0v) is 8.38. The summed E-state index contributed by atoms with van der Waals surface area (Å²) in [6, 6.07) is 0. The summed E-state index contributed by atoms with van der Waals surface area (Å²) < 4.78 is 29.8. The van der Waals surface area contributed by atoms with Gasteiger partial charge in [-0.05, 0) is 0 Å². The van der Waals surface area contributed by atoms with Crippen LogP contribution in [0.25, 0.3) is 0 Å². The van der Waals surface area contributed by atoms with Gasteiger partial charge in [0.15, 0.2) is 5.82 Å². The molecule has 0 aliphatic heterocycles. The fraction of sp³-hybridized carbons (Fsp3) is 0.667. The Kier molecular flexibility index (Phi) is 2.16. The topological polar surface area (TPSA) is 95.9 Å². The summed E-state index contributed by atoms with van der Waals surface area (Å²) in [5.74, 6) is 0.347. The Labute approximate surface area is 76.1 Å². The summed E-state index contributed by atoms with van der Waals surface area (Å²) in [6.45, 7) is 5.51. The van der Waals surface area contributed by atoms with E-state index in [4.69, 9.17) is 4.55 Å². The first kappa shape index (κ1) is 10.1. The van der Waals surface area contributed by atoms with Gasteiger partial charge in [-0.15, -0.1) is 0 Å². The molecule has 0 spiro atoms. The minimum absolute atomic E-state index is 0.347. The molecule has 0 amide bonds. The highest BCUT2D eigenvalue weighted by atomic mass is 32.2. The molecule has 74 valence electrons. The minimum atomic E-state index is -4.27. The van der Waals surface area contributed by atoms with Crippen LogP contribution in [0, 0.1) is 0 Å². The van der Waals surface area contributed by atoms with E-state index in [1.165, 1.54) is 0 Å². The third-order valence-corrected chi connectivity index (χ3v) is 2.05. The van der Waals surface area contributed by atoms with Crippen molar-refractivity contribution in [1.29, 1.82) is 0 Å². The maximum absolute atomic E-state index is 10.6. The van der Waals surface area contributed by atoms with E-state index in [9.17, 15) is 8.42 Å². The smallest absolute Gasteiger partial charge is 0.279 e. The standard InChI is InChI=1S/C6H11N3O3S/c1-6(2,3)4-7-5(9-8-4)13(10,11)12/h1-3H3,(H,7,8,9)(H,10,11,12). The van der Waals surface area contributed by atoms with E-state index in [1.54, 1.807) is 0 Å². The van der Waals surface area contributed by atoms with Crippen LogP contribution < -0.4 is 0 Å². The molecule has 0 bridgehead atoms. The summed E-state index contributed by atoms with van der Waals surface area (Å²) in [5, 5.41) is 5.32. The van der Waals surface area contributed by atoms with Crippen molar-refractivity contribution >= 4 is 10.1 Å². The summed E-state index contributed by atoms with van der Waals surface area (Å²) in [7, 11) is -4.27. The molecule has 1 aromatic heterocycles. The fourth-order valence-corrected chi connectivity index (χ4v) is 1.06. The first-order chi connectivity index (χ1) is 5.71. The minimum Gasteiger partial charge on any atom is -0.279 e. The maximum Gasteiger partial charge on any atom is 0.330 e. The van der Waals surface area contributed by atoms with Crippen LogP contribution in [0.1, 0.15) is 26.6 Å². The average molecular weight is 205 g/mol. The van der Waals surface area contributed by atoms with Crippen molar-refractivity contribution in [2.45, 2.75) is 31.3 Å². The van der Waals surface area contributed by atoms with Gasteiger partial charge in [0.2, 0.25) is 0 Å². The lowest BCUT2D eigenvalue weighted by Gasteiger charge is -2.11. The van der Waals surface area contributed by atoms with Crippen LogP contribution in [0.15, 0.2) is 5.16 Å². The van der Waals surface area contributed by atoms with Gasteiger partial charge in [0.1, 0.15) is 0 Å². The zero-order chi connectivity index (χ0) is 10.3. The van der Waals surface area contributed by atoms with Crippen LogP contribution >= 0.6 is 0 Å². The lowest BCUT2D eigenvalue weighted by Crippen LogP contribution is -2.13. The molecule has 0 saturated carbocycles. The Balaban J connectivity index is 3.16. The van der Waals surface area contributed by atoms with Gasteiger partial charge in [0.25, 0.3) is 5.16 Å². The van der Waals surface area contributed by atoms with Gasteiger partial charge in [-0.3, -0.25) is 4.55 Å². The van der Waals surface area contributed by atoms with E-state index < -0.39 is 15.3 Å². The zero-order valence-electron chi connectivity index (χ0n) is 7.57. The molecule has 0 atom stereocenters. The molecular formula is C6H11N3O3S.